The Labute approximate surface area is 130 Å². The first kappa shape index (κ1) is 14.4. The summed E-state index contributed by atoms with van der Waals surface area (Å²) in [5.74, 6) is 1.79. The summed E-state index contributed by atoms with van der Waals surface area (Å²) in [4.78, 5) is 11.3. The highest BCUT2D eigenvalue weighted by Crippen LogP contribution is 2.27. The van der Waals surface area contributed by atoms with Crippen LogP contribution in [0.15, 0.2) is 30.5 Å². The number of phenols is 1. The Balaban J connectivity index is 1.91. The van der Waals surface area contributed by atoms with E-state index in [1.54, 1.807) is 6.07 Å². The summed E-state index contributed by atoms with van der Waals surface area (Å²) >= 11 is 0. The molecule has 1 aromatic carbocycles. The third-order valence-corrected chi connectivity index (χ3v) is 3.74. The molecule has 3 rings (SSSR count). The molecule has 0 bridgehead atoms. The molecule has 2 N–H and O–H groups in total. The molecule has 0 atom stereocenters. The topological polar surface area (TPSA) is 61.3 Å². The molecule has 114 valence electrons. The molecule has 22 heavy (non-hydrogen) atoms. The number of aryl methyl sites for hydroxylation is 1. The number of aromatic hydroxyl groups is 1. The largest absolute Gasteiger partial charge is 0.508 e. The molecule has 1 aliphatic rings. The maximum atomic E-state index is 9.59. The summed E-state index contributed by atoms with van der Waals surface area (Å²) in [5, 5.41) is 12.8. The van der Waals surface area contributed by atoms with Crippen molar-refractivity contribution in [3.63, 3.8) is 0 Å². The van der Waals surface area contributed by atoms with E-state index in [4.69, 9.17) is 0 Å². The second-order valence-electron chi connectivity index (χ2n) is 5.75. The second-order valence-corrected chi connectivity index (χ2v) is 5.75. The number of nitrogens with zero attached hydrogens (tertiary/aromatic N) is 3. The first-order chi connectivity index (χ1) is 10.5. The van der Waals surface area contributed by atoms with Crippen molar-refractivity contribution in [2.45, 2.75) is 26.8 Å². The average Bonchev–Trinajstić information content (AvgIpc) is 2.50. The van der Waals surface area contributed by atoms with Crippen LogP contribution in [0.1, 0.15) is 25.0 Å². The van der Waals surface area contributed by atoms with Crippen LogP contribution < -0.4 is 10.2 Å². The quantitative estimate of drug-likeness (QED) is 0.849. The minimum atomic E-state index is 0.285. The van der Waals surface area contributed by atoms with Gasteiger partial charge in [0.1, 0.15) is 11.6 Å². The van der Waals surface area contributed by atoms with E-state index in [9.17, 15) is 5.11 Å². The predicted octanol–water partition coefficient (Wildman–Crippen LogP) is 3.48. The number of hydrogen-bond donors (Lipinski definition) is 2. The highest BCUT2D eigenvalue weighted by Gasteiger charge is 2.18. The molecule has 0 spiro atoms. The molecule has 2 heterocycles. The number of nitrogens with one attached hydrogen (secondary N) is 1. The fourth-order valence-corrected chi connectivity index (χ4v) is 2.49. The van der Waals surface area contributed by atoms with Gasteiger partial charge in [0.05, 0.1) is 0 Å². The molecular formula is C17H20N4O. The van der Waals surface area contributed by atoms with Crippen molar-refractivity contribution in [2.75, 3.05) is 16.8 Å². The van der Waals surface area contributed by atoms with Gasteiger partial charge in [0.25, 0.3) is 0 Å². The smallest absolute Gasteiger partial charge is 0.229 e. The Kier molecular flexibility index (Phi) is 3.71. The molecule has 2 aromatic rings. The zero-order valence-corrected chi connectivity index (χ0v) is 13.0. The highest BCUT2D eigenvalue weighted by molar-refractivity contribution is 5.69. The first-order valence-corrected chi connectivity index (χ1v) is 7.41. The standard InChI is InChI=1S/C17H20N4O/c1-11(2)21-8-4-5-13-10-18-17(20-16(13)21)19-14-6-7-15(22)12(3)9-14/h4-7,9-11,22H,8H2,1-3H3,(H,18,19,20). The second kappa shape index (κ2) is 5.67. The van der Waals surface area contributed by atoms with Crippen molar-refractivity contribution in [3.8, 4) is 5.75 Å². The van der Waals surface area contributed by atoms with E-state index in [-0.39, 0.29) is 5.75 Å². The third kappa shape index (κ3) is 2.74. The Hall–Kier alpha value is -2.56. The molecular weight excluding hydrogens is 276 g/mol. The third-order valence-electron chi connectivity index (χ3n) is 3.74. The van der Waals surface area contributed by atoms with E-state index in [1.807, 2.05) is 25.3 Å². The maximum absolute atomic E-state index is 9.59. The first-order valence-electron chi connectivity index (χ1n) is 7.41. The zero-order valence-electron chi connectivity index (χ0n) is 13.0. The lowest BCUT2D eigenvalue weighted by Gasteiger charge is -2.30. The zero-order chi connectivity index (χ0) is 15.7. The highest BCUT2D eigenvalue weighted by atomic mass is 16.3. The van der Waals surface area contributed by atoms with Gasteiger partial charge in [-0.25, -0.2) is 4.98 Å². The molecule has 0 saturated heterocycles. The molecule has 0 fully saturated rings. The Morgan fingerprint density at radius 3 is 2.86 bits per heavy atom. The van der Waals surface area contributed by atoms with Crippen LogP contribution in [0.5, 0.6) is 5.75 Å². The fourth-order valence-electron chi connectivity index (χ4n) is 2.49. The van der Waals surface area contributed by atoms with Crippen LogP contribution in [0, 0.1) is 6.92 Å². The van der Waals surface area contributed by atoms with Crippen molar-refractivity contribution in [1.29, 1.82) is 0 Å². The van der Waals surface area contributed by atoms with Gasteiger partial charge in [0.15, 0.2) is 0 Å². The number of fused-ring (bicyclic) bond motifs is 1. The van der Waals surface area contributed by atoms with Crippen LogP contribution in [0.25, 0.3) is 6.08 Å². The van der Waals surface area contributed by atoms with E-state index in [1.165, 1.54) is 0 Å². The fraction of sp³-hybridized carbons (Fsp3) is 0.294. The van der Waals surface area contributed by atoms with Crippen LogP contribution in [0.3, 0.4) is 0 Å². The summed E-state index contributed by atoms with van der Waals surface area (Å²) < 4.78 is 0. The Morgan fingerprint density at radius 2 is 2.14 bits per heavy atom. The van der Waals surface area contributed by atoms with Gasteiger partial charge in [-0.2, -0.15) is 4.98 Å². The number of benzene rings is 1. The Bertz CT molecular complexity index is 725. The summed E-state index contributed by atoms with van der Waals surface area (Å²) in [6.45, 7) is 7.03. The van der Waals surface area contributed by atoms with Gasteiger partial charge in [-0.15, -0.1) is 0 Å². The van der Waals surface area contributed by atoms with Crippen LogP contribution in [0.2, 0.25) is 0 Å². The molecule has 0 unspecified atom stereocenters. The number of anilines is 3. The normalized spacial score (nSPS) is 13.4. The number of phenolic OH excluding ortho intramolecular Hbond substituents is 1. The van der Waals surface area contributed by atoms with Crippen LogP contribution >= 0.6 is 0 Å². The molecule has 0 aliphatic carbocycles. The lowest BCUT2D eigenvalue weighted by Crippen LogP contribution is -2.33. The maximum Gasteiger partial charge on any atom is 0.229 e. The van der Waals surface area contributed by atoms with Gasteiger partial charge >= 0.3 is 0 Å². The van der Waals surface area contributed by atoms with Gasteiger partial charge < -0.3 is 15.3 Å². The average molecular weight is 296 g/mol. The molecule has 5 heteroatoms. The molecule has 1 aromatic heterocycles. The summed E-state index contributed by atoms with van der Waals surface area (Å²) in [7, 11) is 0. The summed E-state index contributed by atoms with van der Waals surface area (Å²) in [6.07, 6.45) is 6.02. The van der Waals surface area contributed by atoms with E-state index in [2.05, 4.69) is 46.2 Å². The summed E-state index contributed by atoms with van der Waals surface area (Å²) in [6, 6.07) is 5.73. The van der Waals surface area contributed by atoms with E-state index < -0.39 is 0 Å². The minimum Gasteiger partial charge on any atom is -0.508 e. The summed E-state index contributed by atoms with van der Waals surface area (Å²) in [5.41, 5.74) is 2.71. The van der Waals surface area contributed by atoms with Crippen LogP contribution in [-0.4, -0.2) is 27.7 Å². The molecule has 1 aliphatic heterocycles. The Morgan fingerprint density at radius 1 is 1.32 bits per heavy atom. The predicted molar refractivity (Wildman–Crippen MR) is 89.7 cm³/mol. The molecule has 0 saturated carbocycles. The van der Waals surface area contributed by atoms with Crippen molar-refractivity contribution in [1.82, 2.24) is 9.97 Å². The van der Waals surface area contributed by atoms with E-state index in [0.29, 0.717) is 12.0 Å². The minimum absolute atomic E-state index is 0.285. The van der Waals surface area contributed by atoms with E-state index in [0.717, 1.165) is 29.2 Å². The van der Waals surface area contributed by atoms with Crippen molar-refractivity contribution < 1.29 is 5.11 Å². The van der Waals surface area contributed by atoms with Gasteiger partial charge in [-0.3, -0.25) is 0 Å². The number of rotatable bonds is 3. The van der Waals surface area contributed by atoms with Crippen molar-refractivity contribution >= 4 is 23.5 Å². The van der Waals surface area contributed by atoms with E-state index >= 15 is 0 Å². The lowest BCUT2D eigenvalue weighted by atomic mass is 10.1. The number of hydrogen-bond acceptors (Lipinski definition) is 5. The monoisotopic (exact) mass is 296 g/mol. The van der Waals surface area contributed by atoms with Gasteiger partial charge in [0.2, 0.25) is 5.95 Å². The van der Waals surface area contributed by atoms with Crippen molar-refractivity contribution in [2.24, 2.45) is 0 Å². The molecule has 0 radical (unpaired) electrons. The van der Waals surface area contributed by atoms with Gasteiger partial charge in [-0.05, 0) is 44.5 Å². The SMILES string of the molecule is Cc1cc(Nc2ncc3c(n2)N(C(C)C)CC=C3)ccc1O. The van der Waals surface area contributed by atoms with Crippen LogP contribution in [-0.2, 0) is 0 Å². The van der Waals surface area contributed by atoms with Crippen molar-refractivity contribution in [3.05, 3.63) is 41.6 Å². The van der Waals surface area contributed by atoms with Gasteiger partial charge in [-0.1, -0.05) is 12.2 Å². The van der Waals surface area contributed by atoms with Gasteiger partial charge in [0, 0.05) is 30.0 Å². The lowest BCUT2D eigenvalue weighted by molar-refractivity contribution is 0.471. The molecule has 0 amide bonds. The molecule has 5 nitrogen and oxygen atoms in total. The van der Waals surface area contributed by atoms with Crippen LogP contribution in [0.4, 0.5) is 17.5 Å². The number of aromatic nitrogens is 2.